The molecule has 15 heavy (non-hydrogen) atoms. The van der Waals surface area contributed by atoms with Crippen molar-refractivity contribution in [1.29, 1.82) is 0 Å². The Kier molecular flexibility index (Phi) is 4.90. The fourth-order valence-corrected chi connectivity index (χ4v) is 1.53. The highest BCUT2D eigenvalue weighted by molar-refractivity contribution is 5.51. The van der Waals surface area contributed by atoms with Crippen LogP contribution in [0.5, 0.6) is 5.75 Å². The predicted octanol–water partition coefficient (Wildman–Crippen LogP) is 1.27. The fraction of sp³-hybridized carbons (Fsp3) is 0.545. The first-order valence-corrected chi connectivity index (χ1v) is 5.27. The van der Waals surface area contributed by atoms with Gasteiger partial charge in [0.2, 0.25) is 0 Å². The third-order valence-corrected chi connectivity index (χ3v) is 2.16. The lowest BCUT2D eigenvalue weighted by molar-refractivity contribution is 0.412. The van der Waals surface area contributed by atoms with Gasteiger partial charge in [-0.15, -0.1) is 0 Å². The molecule has 0 saturated carbocycles. The van der Waals surface area contributed by atoms with Crippen LogP contribution in [0.4, 0.5) is 5.82 Å². The SMILES string of the molecule is CCCN(CCN)c1ncccc1OC. The van der Waals surface area contributed by atoms with Gasteiger partial charge in [0.1, 0.15) is 0 Å². The monoisotopic (exact) mass is 209 g/mol. The number of ether oxygens (including phenoxy) is 1. The third kappa shape index (κ3) is 3.09. The van der Waals surface area contributed by atoms with Gasteiger partial charge >= 0.3 is 0 Å². The van der Waals surface area contributed by atoms with Crippen molar-refractivity contribution in [3.8, 4) is 5.75 Å². The molecular weight excluding hydrogens is 190 g/mol. The van der Waals surface area contributed by atoms with Crippen molar-refractivity contribution in [2.75, 3.05) is 31.6 Å². The maximum Gasteiger partial charge on any atom is 0.171 e. The first kappa shape index (κ1) is 11.8. The van der Waals surface area contributed by atoms with Crippen molar-refractivity contribution in [1.82, 2.24) is 4.98 Å². The lowest BCUT2D eigenvalue weighted by atomic mass is 10.3. The molecule has 0 radical (unpaired) electrons. The first-order valence-electron chi connectivity index (χ1n) is 5.27. The zero-order valence-electron chi connectivity index (χ0n) is 9.44. The Balaban J connectivity index is 2.88. The summed E-state index contributed by atoms with van der Waals surface area (Å²) >= 11 is 0. The molecule has 0 bridgehead atoms. The summed E-state index contributed by atoms with van der Waals surface area (Å²) < 4.78 is 5.27. The standard InChI is InChI=1S/C11H19N3O/c1-3-8-14(9-6-12)11-10(15-2)5-4-7-13-11/h4-5,7H,3,6,8-9,12H2,1-2H3. The molecule has 0 atom stereocenters. The van der Waals surface area contributed by atoms with E-state index in [9.17, 15) is 0 Å². The summed E-state index contributed by atoms with van der Waals surface area (Å²) in [6.45, 7) is 4.52. The second kappa shape index (κ2) is 6.24. The summed E-state index contributed by atoms with van der Waals surface area (Å²) in [7, 11) is 1.66. The second-order valence-corrected chi connectivity index (χ2v) is 3.30. The normalized spacial score (nSPS) is 10.1. The number of rotatable bonds is 6. The maximum absolute atomic E-state index is 5.58. The Bertz CT molecular complexity index is 285. The van der Waals surface area contributed by atoms with Crippen LogP contribution < -0.4 is 15.4 Å². The van der Waals surface area contributed by atoms with Crippen molar-refractivity contribution in [2.45, 2.75) is 13.3 Å². The molecule has 1 aromatic rings. The van der Waals surface area contributed by atoms with Crippen LogP contribution in [-0.4, -0.2) is 31.7 Å². The van der Waals surface area contributed by atoms with E-state index in [4.69, 9.17) is 10.5 Å². The van der Waals surface area contributed by atoms with Gasteiger partial charge in [-0.2, -0.15) is 0 Å². The molecule has 1 heterocycles. The number of hydrogen-bond acceptors (Lipinski definition) is 4. The van der Waals surface area contributed by atoms with Crippen LogP contribution in [0.25, 0.3) is 0 Å². The minimum absolute atomic E-state index is 0.625. The predicted molar refractivity (Wildman–Crippen MR) is 62.3 cm³/mol. The lowest BCUT2D eigenvalue weighted by Gasteiger charge is -2.23. The third-order valence-electron chi connectivity index (χ3n) is 2.16. The molecule has 0 aliphatic carbocycles. The molecule has 0 aromatic carbocycles. The van der Waals surface area contributed by atoms with Gasteiger partial charge in [-0.3, -0.25) is 0 Å². The van der Waals surface area contributed by atoms with E-state index in [-0.39, 0.29) is 0 Å². The Hall–Kier alpha value is -1.29. The number of methoxy groups -OCH3 is 1. The van der Waals surface area contributed by atoms with E-state index >= 15 is 0 Å². The minimum Gasteiger partial charge on any atom is -0.493 e. The van der Waals surface area contributed by atoms with Crippen LogP contribution in [0.2, 0.25) is 0 Å². The number of aromatic nitrogens is 1. The van der Waals surface area contributed by atoms with E-state index in [0.717, 1.165) is 31.1 Å². The summed E-state index contributed by atoms with van der Waals surface area (Å²) in [5.74, 6) is 1.69. The number of pyridine rings is 1. The minimum atomic E-state index is 0.625. The quantitative estimate of drug-likeness (QED) is 0.766. The van der Waals surface area contributed by atoms with E-state index in [2.05, 4.69) is 16.8 Å². The molecule has 4 heteroatoms. The second-order valence-electron chi connectivity index (χ2n) is 3.30. The van der Waals surface area contributed by atoms with Crippen molar-refractivity contribution >= 4 is 5.82 Å². The number of nitrogens with two attached hydrogens (primary N) is 1. The topological polar surface area (TPSA) is 51.4 Å². The van der Waals surface area contributed by atoms with E-state index in [1.807, 2.05) is 12.1 Å². The van der Waals surface area contributed by atoms with E-state index in [1.165, 1.54) is 0 Å². The molecule has 1 rings (SSSR count). The molecule has 0 aliphatic rings. The summed E-state index contributed by atoms with van der Waals surface area (Å²) in [6, 6.07) is 3.79. The molecule has 0 saturated heterocycles. The van der Waals surface area contributed by atoms with Crippen LogP contribution in [0.3, 0.4) is 0 Å². The van der Waals surface area contributed by atoms with Crippen molar-refractivity contribution in [3.05, 3.63) is 18.3 Å². The zero-order chi connectivity index (χ0) is 11.1. The highest BCUT2D eigenvalue weighted by atomic mass is 16.5. The average molecular weight is 209 g/mol. The number of hydrogen-bond donors (Lipinski definition) is 1. The van der Waals surface area contributed by atoms with Crippen molar-refractivity contribution in [2.24, 2.45) is 5.73 Å². The Labute approximate surface area is 91.1 Å². The number of anilines is 1. The molecule has 0 amide bonds. The van der Waals surface area contributed by atoms with Gasteiger partial charge < -0.3 is 15.4 Å². The van der Waals surface area contributed by atoms with E-state index in [0.29, 0.717) is 6.54 Å². The van der Waals surface area contributed by atoms with Gasteiger partial charge in [0, 0.05) is 25.8 Å². The molecule has 84 valence electrons. The lowest BCUT2D eigenvalue weighted by Crippen LogP contribution is -2.31. The molecule has 0 fully saturated rings. The highest BCUT2D eigenvalue weighted by Gasteiger charge is 2.10. The number of nitrogens with zero attached hydrogens (tertiary/aromatic N) is 2. The van der Waals surface area contributed by atoms with Crippen LogP contribution >= 0.6 is 0 Å². The summed E-state index contributed by atoms with van der Waals surface area (Å²) in [4.78, 5) is 6.48. The first-order chi connectivity index (χ1) is 7.33. The van der Waals surface area contributed by atoms with Gasteiger partial charge in [-0.1, -0.05) is 6.92 Å². The van der Waals surface area contributed by atoms with Gasteiger partial charge in [0.05, 0.1) is 7.11 Å². The van der Waals surface area contributed by atoms with Crippen LogP contribution in [0.1, 0.15) is 13.3 Å². The van der Waals surface area contributed by atoms with Crippen LogP contribution in [0.15, 0.2) is 18.3 Å². The summed E-state index contributed by atoms with van der Waals surface area (Å²) in [5, 5.41) is 0. The maximum atomic E-state index is 5.58. The molecule has 4 nitrogen and oxygen atoms in total. The molecular formula is C11H19N3O. The Morgan fingerprint density at radius 3 is 2.87 bits per heavy atom. The zero-order valence-corrected chi connectivity index (χ0v) is 9.44. The van der Waals surface area contributed by atoms with Gasteiger partial charge in [-0.25, -0.2) is 4.98 Å². The summed E-state index contributed by atoms with van der Waals surface area (Å²) in [5.41, 5.74) is 5.58. The largest absolute Gasteiger partial charge is 0.493 e. The molecule has 0 unspecified atom stereocenters. The van der Waals surface area contributed by atoms with Crippen molar-refractivity contribution < 1.29 is 4.74 Å². The molecule has 0 aliphatic heterocycles. The molecule has 2 N–H and O–H groups in total. The molecule has 1 aromatic heterocycles. The van der Waals surface area contributed by atoms with E-state index in [1.54, 1.807) is 13.3 Å². The Morgan fingerprint density at radius 1 is 1.47 bits per heavy atom. The van der Waals surface area contributed by atoms with Crippen LogP contribution in [-0.2, 0) is 0 Å². The Morgan fingerprint density at radius 2 is 2.27 bits per heavy atom. The van der Waals surface area contributed by atoms with Gasteiger partial charge in [-0.05, 0) is 18.6 Å². The van der Waals surface area contributed by atoms with E-state index < -0.39 is 0 Å². The average Bonchev–Trinajstić information content (AvgIpc) is 2.29. The highest BCUT2D eigenvalue weighted by Crippen LogP contribution is 2.24. The van der Waals surface area contributed by atoms with Gasteiger partial charge in [0.25, 0.3) is 0 Å². The fourth-order valence-electron chi connectivity index (χ4n) is 1.53. The van der Waals surface area contributed by atoms with Crippen molar-refractivity contribution in [3.63, 3.8) is 0 Å². The van der Waals surface area contributed by atoms with Gasteiger partial charge in [0.15, 0.2) is 11.6 Å². The summed E-state index contributed by atoms with van der Waals surface area (Å²) in [6.07, 6.45) is 2.84. The molecule has 0 spiro atoms. The van der Waals surface area contributed by atoms with Crippen LogP contribution in [0, 0.1) is 0 Å². The smallest absolute Gasteiger partial charge is 0.171 e.